The van der Waals surface area contributed by atoms with Gasteiger partial charge in [-0.1, -0.05) is 24.3 Å². The van der Waals surface area contributed by atoms with E-state index in [-0.39, 0.29) is 12.2 Å². The Hall–Kier alpha value is -1.94. The molecule has 0 aliphatic heterocycles. The first kappa shape index (κ1) is 10.6. The largest absolute Gasteiger partial charge is 0.392 e. The minimum Gasteiger partial charge on any atom is -0.392 e. The molecule has 0 fully saturated rings. The van der Waals surface area contributed by atoms with Crippen LogP contribution in [0.3, 0.4) is 0 Å². The summed E-state index contributed by atoms with van der Waals surface area (Å²) in [4.78, 5) is 11.4. The first-order valence-electron chi connectivity index (χ1n) is 5.00. The van der Waals surface area contributed by atoms with E-state index in [2.05, 4.69) is 5.10 Å². The highest BCUT2D eigenvalue weighted by molar-refractivity contribution is 5.22. The maximum absolute atomic E-state index is 11.4. The highest BCUT2D eigenvalue weighted by Crippen LogP contribution is 2.04. The monoisotopic (exact) mass is 216 g/mol. The van der Waals surface area contributed by atoms with Crippen molar-refractivity contribution in [3.05, 3.63) is 64.1 Å². The van der Waals surface area contributed by atoms with E-state index in [1.165, 1.54) is 10.7 Å². The van der Waals surface area contributed by atoms with Crippen molar-refractivity contribution in [2.24, 2.45) is 0 Å². The van der Waals surface area contributed by atoms with Crippen LogP contribution in [0.5, 0.6) is 0 Å². The molecule has 2 rings (SSSR count). The predicted octanol–water partition coefficient (Wildman–Crippen LogP) is 0.784. The standard InChI is InChI=1S/C12H12N2O2/c15-9-11-5-3-10(4-6-11)8-14-12(16)2-1-7-13-14/h1-7,15H,8-9H2. The summed E-state index contributed by atoms with van der Waals surface area (Å²) in [5.74, 6) is 0. The van der Waals surface area contributed by atoms with E-state index in [1.807, 2.05) is 24.3 Å². The fraction of sp³-hybridized carbons (Fsp3) is 0.167. The smallest absolute Gasteiger partial charge is 0.267 e. The molecular weight excluding hydrogens is 204 g/mol. The Morgan fingerprint density at radius 3 is 2.44 bits per heavy atom. The maximum Gasteiger partial charge on any atom is 0.267 e. The van der Waals surface area contributed by atoms with Gasteiger partial charge in [-0.05, 0) is 17.2 Å². The molecule has 0 aliphatic carbocycles. The summed E-state index contributed by atoms with van der Waals surface area (Å²) in [5.41, 5.74) is 1.73. The fourth-order valence-corrected chi connectivity index (χ4v) is 1.43. The lowest BCUT2D eigenvalue weighted by Crippen LogP contribution is -2.21. The second kappa shape index (κ2) is 4.72. The zero-order valence-electron chi connectivity index (χ0n) is 8.71. The molecule has 0 aliphatic rings. The number of rotatable bonds is 3. The van der Waals surface area contributed by atoms with Gasteiger partial charge in [0.1, 0.15) is 0 Å². The number of aliphatic hydroxyl groups excluding tert-OH is 1. The lowest BCUT2D eigenvalue weighted by Gasteiger charge is -2.04. The first-order valence-corrected chi connectivity index (χ1v) is 5.00. The van der Waals surface area contributed by atoms with E-state index < -0.39 is 0 Å². The maximum atomic E-state index is 11.4. The molecular formula is C12H12N2O2. The Balaban J connectivity index is 2.21. The van der Waals surface area contributed by atoms with Crippen molar-refractivity contribution < 1.29 is 5.11 Å². The third kappa shape index (κ3) is 2.35. The van der Waals surface area contributed by atoms with E-state index >= 15 is 0 Å². The summed E-state index contributed by atoms with van der Waals surface area (Å²) >= 11 is 0. The quantitative estimate of drug-likeness (QED) is 0.825. The number of aromatic nitrogens is 2. The minimum atomic E-state index is -0.117. The van der Waals surface area contributed by atoms with Crippen LogP contribution in [0.2, 0.25) is 0 Å². The summed E-state index contributed by atoms with van der Waals surface area (Å²) in [6.45, 7) is 0.481. The Morgan fingerprint density at radius 1 is 1.12 bits per heavy atom. The van der Waals surface area contributed by atoms with Gasteiger partial charge >= 0.3 is 0 Å². The molecule has 1 heterocycles. The molecule has 0 spiro atoms. The zero-order chi connectivity index (χ0) is 11.4. The predicted molar refractivity (Wildman–Crippen MR) is 60.0 cm³/mol. The molecule has 4 heteroatoms. The van der Waals surface area contributed by atoms with E-state index in [0.717, 1.165) is 11.1 Å². The van der Waals surface area contributed by atoms with Gasteiger partial charge in [-0.15, -0.1) is 0 Å². The van der Waals surface area contributed by atoms with Crippen LogP contribution in [-0.2, 0) is 13.2 Å². The Morgan fingerprint density at radius 2 is 1.81 bits per heavy atom. The van der Waals surface area contributed by atoms with Crippen LogP contribution in [0.1, 0.15) is 11.1 Å². The van der Waals surface area contributed by atoms with E-state index in [9.17, 15) is 4.79 Å². The van der Waals surface area contributed by atoms with Gasteiger partial charge in [0.2, 0.25) is 0 Å². The average molecular weight is 216 g/mol. The summed E-state index contributed by atoms with van der Waals surface area (Å²) in [6, 6.07) is 10.5. The minimum absolute atomic E-state index is 0.0316. The number of nitrogens with zero attached hydrogens (tertiary/aromatic N) is 2. The second-order valence-corrected chi connectivity index (χ2v) is 3.49. The Labute approximate surface area is 92.8 Å². The topological polar surface area (TPSA) is 55.1 Å². The van der Waals surface area contributed by atoms with E-state index in [4.69, 9.17) is 5.11 Å². The molecule has 16 heavy (non-hydrogen) atoms. The van der Waals surface area contributed by atoms with Crippen LogP contribution in [0.25, 0.3) is 0 Å². The van der Waals surface area contributed by atoms with Crippen LogP contribution in [0.15, 0.2) is 47.4 Å². The van der Waals surface area contributed by atoms with Gasteiger partial charge < -0.3 is 5.11 Å². The second-order valence-electron chi connectivity index (χ2n) is 3.49. The first-order chi connectivity index (χ1) is 7.79. The van der Waals surface area contributed by atoms with Crippen molar-refractivity contribution in [2.45, 2.75) is 13.2 Å². The van der Waals surface area contributed by atoms with Crippen molar-refractivity contribution in [1.82, 2.24) is 9.78 Å². The highest BCUT2D eigenvalue weighted by atomic mass is 16.3. The molecule has 0 radical (unpaired) electrons. The van der Waals surface area contributed by atoms with Crippen LogP contribution in [0.4, 0.5) is 0 Å². The fourth-order valence-electron chi connectivity index (χ4n) is 1.43. The molecule has 1 N–H and O–H groups in total. The molecule has 4 nitrogen and oxygen atoms in total. The summed E-state index contributed by atoms with van der Waals surface area (Å²) in [6.07, 6.45) is 1.59. The highest BCUT2D eigenvalue weighted by Gasteiger charge is 1.98. The zero-order valence-corrected chi connectivity index (χ0v) is 8.71. The van der Waals surface area contributed by atoms with Gasteiger partial charge in [-0.25, -0.2) is 4.68 Å². The Bertz CT molecular complexity index is 517. The third-order valence-corrected chi connectivity index (χ3v) is 2.32. The molecule has 1 aromatic carbocycles. The lowest BCUT2D eigenvalue weighted by molar-refractivity contribution is 0.282. The van der Waals surface area contributed by atoms with Crippen LogP contribution < -0.4 is 5.56 Å². The van der Waals surface area contributed by atoms with Crippen molar-refractivity contribution in [3.63, 3.8) is 0 Å². The van der Waals surface area contributed by atoms with Gasteiger partial charge in [-0.2, -0.15) is 5.10 Å². The average Bonchev–Trinajstić information content (AvgIpc) is 2.33. The SMILES string of the molecule is O=c1cccnn1Cc1ccc(CO)cc1. The third-order valence-electron chi connectivity index (χ3n) is 2.32. The normalized spacial score (nSPS) is 10.3. The van der Waals surface area contributed by atoms with Gasteiger partial charge in [0.15, 0.2) is 0 Å². The van der Waals surface area contributed by atoms with E-state index in [1.54, 1.807) is 12.3 Å². The molecule has 0 amide bonds. The van der Waals surface area contributed by atoms with Gasteiger partial charge in [0.25, 0.3) is 5.56 Å². The van der Waals surface area contributed by atoms with Crippen molar-refractivity contribution in [2.75, 3.05) is 0 Å². The number of hydrogen-bond donors (Lipinski definition) is 1. The molecule has 1 aromatic heterocycles. The molecule has 0 saturated heterocycles. The van der Waals surface area contributed by atoms with Gasteiger partial charge in [0, 0.05) is 12.3 Å². The van der Waals surface area contributed by atoms with Crippen LogP contribution in [0, 0.1) is 0 Å². The van der Waals surface area contributed by atoms with Crippen molar-refractivity contribution in [1.29, 1.82) is 0 Å². The summed E-state index contributed by atoms with van der Waals surface area (Å²) in [5, 5.41) is 12.9. The van der Waals surface area contributed by atoms with Crippen molar-refractivity contribution >= 4 is 0 Å². The molecule has 2 aromatic rings. The Kier molecular flexibility index (Phi) is 3.12. The molecule has 0 bridgehead atoms. The molecule has 82 valence electrons. The molecule has 0 atom stereocenters. The van der Waals surface area contributed by atoms with Crippen molar-refractivity contribution in [3.8, 4) is 0 Å². The number of aliphatic hydroxyl groups is 1. The number of hydrogen-bond acceptors (Lipinski definition) is 3. The number of benzene rings is 1. The van der Waals surface area contributed by atoms with Gasteiger partial charge in [0.05, 0.1) is 13.2 Å². The van der Waals surface area contributed by atoms with Crippen LogP contribution in [-0.4, -0.2) is 14.9 Å². The summed E-state index contributed by atoms with van der Waals surface area (Å²) < 4.78 is 1.40. The van der Waals surface area contributed by atoms with Gasteiger partial charge in [-0.3, -0.25) is 4.79 Å². The van der Waals surface area contributed by atoms with E-state index in [0.29, 0.717) is 6.54 Å². The molecule has 0 unspecified atom stereocenters. The van der Waals surface area contributed by atoms with Crippen LogP contribution >= 0.6 is 0 Å². The lowest BCUT2D eigenvalue weighted by atomic mass is 10.1. The summed E-state index contributed by atoms with van der Waals surface area (Å²) in [7, 11) is 0. The molecule has 0 saturated carbocycles.